The second-order valence-corrected chi connectivity index (χ2v) is 5.74. The zero-order chi connectivity index (χ0) is 19.8. The van der Waals surface area contributed by atoms with Crippen LogP contribution in [-0.4, -0.2) is 51.8 Å². The fourth-order valence-electron chi connectivity index (χ4n) is 2.50. The number of amides is 1. The van der Waals surface area contributed by atoms with Crippen LogP contribution >= 0.6 is 0 Å². The van der Waals surface area contributed by atoms with Crippen molar-refractivity contribution in [3.63, 3.8) is 0 Å². The van der Waals surface area contributed by atoms with E-state index in [1.54, 1.807) is 32.2 Å². The molecule has 6 nitrogen and oxygen atoms in total. The maximum atomic E-state index is 13.7. The van der Waals surface area contributed by atoms with Crippen LogP contribution in [0.3, 0.4) is 0 Å². The van der Waals surface area contributed by atoms with Crippen LogP contribution in [0.1, 0.15) is 15.9 Å². The Hall–Kier alpha value is -3.09. The first kappa shape index (κ1) is 20.2. The van der Waals surface area contributed by atoms with Gasteiger partial charge in [0.05, 0.1) is 26.9 Å². The number of hydrogen-bond acceptors (Lipinski definition) is 4. The summed E-state index contributed by atoms with van der Waals surface area (Å²) in [5.41, 5.74) is 0.927. The van der Waals surface area contributed by atoms with Crippen molar-refractivity contribution in [2.45, 2.75) is 6.42 Å². The van der Waals surface area contributed by atoms with Crippen LogP contribution in [-0.2, 0) is 11.2 Å². The highest BCUT2D eigenvalue weighted by Crippen LogP contribution is 2.27. The van der Waals surface area contributed by atoms with Gasteiger partial charge in [-0.3, -0.25) is 4.79 Å². The Bertz CT molecular complexity index is 823. The van der Waals surface area contributed by atoms with E-state index in [0.717, 1.165) is 5.56 Å². The van der Waals surface area contributed by atoms with Gasteiger partial charge >= 0.3 is 0 Å². The standard InChI is InChI=1S/C20H23FN2O4/c1-23(12-11-14-9-10-17(25-2)18(13-14)26-3)20(27-4)22-19(24)15-7-5-6-8-16(15)21/h5-10,13H,11-12H2,1-4H3. The van der Waals surface area contributed by atoms with E-state index in [0.29, 0.717) is 24.5 Å². The molecule has 0 spiro atoms. The molecular formula is C20H23FN2O4. The summed E-state index contributed by atoms with van der Waals surface area (Å²) in [4.78, 5) is 17.8. The van der Waals surface area contributed by atoms with Crippen molar-refractivity contribution in [1.82, 2.24) is 4.90 Å². The fourth-order valence-corrected chi connectivity index (χ4v) is 2.50. The summed E-state index contributed by atoms with van der Waals surface area (Å²) in [6.45, 7) is 0.534. The molecule has 144 valence electrons. The Morgan fingerprint density at radius 3 is 2.41 bits per heavy atom. The number of carbonyl (C=O) groups is 1. The number of hydrogen-bond donors (Lipinski definition) is 0. The average Bonchev–Trinajstić information content (AvgIpc) is 2.69. The summed E-state index contributed by atoms with van der Waals surface area (Å²) in [7, 11) is 6.33. The molecule has 0 aliphatic heterocycles. The Labute approximate surface area is 158 Å². The summed E-state index contributed by atoms with van der Waals surface area (Å²) < 4.78 is 29.5. The van der Waals surface area contributed by atoms with Gasteiger partial charge in [-0.1, -0.05) is 18.2 Å². The van der Waals surface area contributed by atoms with Crippen molar-refractivity contribution in [3.8, 4) is 11.5 Å². The maximum Gasteiger partial charge on any atom is 0.294 e. The number of halogens is 1. The Kier molecular flexibility index (Phi) is 7.16. The van der Waals surface area contributed by atoms with Crippen LogP contribution in [0.25, 0.3) is 0 Å². The van der Waals surface area contributed by atoms with Crippen molar-refractivity contribution < 1.29 is 23.4 Å². The van der Waals surface area contributed by atoms with Gasteiger partial charge in [-0.15, -0.1) is 0 Å². The molecule has 27 heavy (non-hydrogen) atoms. The van der Waals surface area contributed by atoms with Crippen LogP contribution in [0, 0.1) is 5.82 Å². The summed E-state index contributed by atoms with van der Waals surface area (Å²) in [5.74, 6) is -0.00477. The largest absolute Gasteiger partial charge is 0.493 e. The molecule has 0 aliphatic carbocycles. The van der Waals surface area contributed by atoms with E-state index in [1.807, 2.05) is 18.2 Å². The van der Waals surface area contributed by atoms with Crippen LogP contribution in [0.2, 0.25) is 0 Å². The summed E-state index contributed by atoms with van der Waals surface area (Å²) in [6.07, 6.45) is 0.660. The molecule has 0 unspecified atom stereocenters. The van der Waals surface area contributed by atoms with Crippen LogP contribution < -0.4 is 9.47 Å². The van der Waals surface area contributed by atoms with Crippen molar-refractivity contribution in [2.24, 2.45) is 4.99 Å². The molecule has 0 fully saturated rings. The van der Waals surface area contributed by atoms with E-state index in [1.165, 1.54) is 25.3 Å². The van der Waals surface area contributed by atoms with E-state index in [-0.39, 0.29) is 11.6 Å². The van der Waals surface area contributed by atoms with Gasteiger partial charge in [0.2, 0.25) is 0 Å². The van der Waals surface area contributed by atoms with Gasteiger partial charge in [-0.25, -0.2) is 4.39 Å². The smallest absolute Gasteiger partial charge is 0.294 e. The third-order valence-corrected chi connectivity index (χ3v) is 3.99. The van der Waals surface area contributed by atoms with Gasteiger partial charge in [0.25, 0.3) is 11.9 Å². The number of likely N-dealkylation sites (N-methyl/N-ethyl adjacent to an activating group) is 1. The molecule has 0 saturated carbocycles. The molecule has 7 heteroatoms. The average molecular weight is 374 g/mol. The zero-order valence-corrected chi connectivity index (χ0v) is 15.9. The third-order valence-electron chi connectivity index (χ3n) is 3.99. The highest BCUT2D eigenvalue weighted by molar-refractivity contribution is 6.01. The molecule has 0 aliphatic rings. The van der Waals surface area contributed by atoms with Crippen molar-refractivity contribution in [3.05, 3.63) is 59.4 Å². The normalized spacial score (nSPS) is 11.1. The molecule has 0 heterocycles. The molecule has 0 N–H and O–H groups in total. The molecule has 2 aromatic carbocycles. The number of nitrogens with zero attached hydrogens (tertiary/aromatic N) is 2. The van der Waals surface area contributed by atoms with Crippen LogP contribution in [0.5, 0.6) is 11.5 Å². The molecule has 0 aromatic heterocycles. The minimum absolute atomic E-state index is 0.0969. The third kappa shape index (κ3) is 5.20. The summed E-state index contributed by atoms with van der Waals surface area (Å²) >= 11 is 0. The van der Waals surface area contributed by atoms with E-state index >= 15 is 0 Å². The Morgan fingerprint density at radius 2 is 1.78 bits per heavy atom. The summed E-state index contributed by atoms with van der Waals surface area (Å²) in [5, 5.41) is 0. The number of benzene rings is 2. The van der Waals surface area contributed by atoms with E-state index in [9.17, 15) is 9.18 Å². The van der Waals surface area contributed by atoms with E-state index < -0.39 is 11.7 Å². The molecule has 0 bridgehead atoms. The first-order chi connectivity index (χ1) is 13.0. The lowest BCUT2D eigenvalue weighted by Crippen LogP contribution is -2.31. The van der Waals surface area contributed by atoms with Crippen molar-refractivity contribution in [2.75, 3.05) is 34.9 Å². The monoisotopic (exact) mass is 374 g/mol. The maximum absolute atomic E-state index is 13.7. The zero-order valence-electron chi connectivity index (χ0n) is 15.9. The molecule has 0 radical (unpaired) electrons. The second-order valence-electron chi connectivity index (χ2n) is 5.74. The number of aliphatic imine (C=N–C) groups is 1. The molecule has 0 saturated heterocycles. The quantitative estimate of drug-likeness (QED) is 0.574. The molecule has 0 atom stereocenters. The number of amidine groups is 1. The minimum Gasteiger partial charge on any atom is -0.493 e. The molecule has 1 amide bonds. The molecular weight excluding hydrogens is 351 g/mol. The number of methoxy groups -OCH3 is 3. The van der Waals surface area contributed by atoms with Gasteiger partial charge in [0.15, 0.2) is 11.5 Å². The van der Waals surface area contributed by atoms with Gasteiger partial charge in [-0.05, 0) is 36.2 Å². The number of carbonyl (C=O) groups excluding carboxylic acids is 1. The lowest BCUT2D eigenvalue weighted by molar-refractivity contribution is 0.0992. The van der Waals surface area contributed by atoms with Crippen LogP contribution in [0.4, 0.5) is 4.39 Å². The molecule has 2 aromatic rings. The first-order valence-corrected chi connectivity index (χ1v) is 8.33. The Morgan fingerprint density at radius 1 is 1.07 bits per heavy atom. The topological polar surface area (TPSA) is 60.4 Å². The molecule has 2 rings (SSSR count). The van der Waals surface area contributed by atoms with Gasteiger partial charge < -0.3 is 19.1 Å². The number of rotatable bonds is 6. The van der Waals surface area contributed by atoms with Gasteiger partial charge in [0, 0.05) is 13.6 Å². The lowest BCUT2D eigenvalue weighted by Gasteiger charge is -2.19. The van der Waals surface area contributed by atoms with Gasteiger partial charge in [0.1, 0.15) is 5.82 Å². The highest BCUT2D eigenvalue weighted by atomic mass is 19.1. The predicted octanol–water partition coefficient (Wildman–Crippen LogP) is 3.16. The SMILES string of the molecule is COC(=NC(=O)c1ccccc1F)N(C)CCc1ccc(OC)c(OC)c1. The van der Waals surface area contributed by atoms with E-state index in [2.05, 4.69) is 4.99 Å². The van der Waals surface area contributed by atoms with Crippen molar-refractivity contribution >= 4 is 11.9 Å². The second kappa shape index (κ2) is 9.56. The van der Waals surface area contributed by atoms with E-state index in [4.69, 9.17) is 14.2 Å². The summed E-state index contributed by atoms with van der Waals surface area (Å²) in [6, 6.07) is 11.5. The van der Waals surface area contributed by atoms with Crippen LogP contribution in [0.15, 0.2) is 47.5 Å². The highest BCUT2D eigenvalue weighted by Gasteiger charge is 2.15. The predicted molar refractivity (Wildman–Crippen MR) is 101 cm³/mol. The minimum atomic E-state index is -0.692. The lowest BCUT2D eigenvalue weighted by atomic mass is 10.1. The fraction of sp³-hybridized carbons (Fsp3) is 0.300. The first-order valence-electron chi connectivity index (χ1n) is 8.33. The van der Waals surface area contributed by atoms with Gasteiger partial charge in [-0.2, -0.15) is 4.99 Å². The van der Waals surface area contributed by atoms with Crippen molar-refractivity contribution in [1.29, 1.82) is 0 Å². The number of ether oxygens (including phenoxy) is 3. The Balaban J connectivity index is 2.08.